The molecule has 0 spiro atoms. The minimum Gasteiger partial charge on any atom is -0.444 e. The molecule has 0 saturated carbocycles. The number of amides is 1. The first kappa shape index (κ1) is 19.2. The van der Waals surface area contributed by atoms with Crippen molar-refractivity contribution in [3.8, 4) is 5.82 Å². The maximum atomic E-state index is 12.2. The number of anilines is 1. The third kappa shape index (κ3) is 4.78. The molecule has 2 aromatic heterocycles. The molecule has 0 bridgehead atoms. The van der Waals surface area contributed by atoms with Gasteiger partial charge in [-0.3, -0.25) is 0 Å². The van der Waals surface area contributed by atoms with Crippen LogP contribution in [-0.2, 0) is 4.74 Å². The van der Waals surface area contributed by atoms with E-state index in [2.05, 4.69) is 34.9 Å². The van der Waals surface area contributed by atoms with Crippen molar-refractivity contribution in [2.24, 2.45) is 0 Å². The summed E-state index contributed by atoms with van der Waals surface area (Å²) in [6, 6.07) is 4.04. The summed E-state index contributed by atoms with van der Waals surface area (Å²) in [6.07, 6.45) is 5.53. The normalized spacial score (nSPS) is 15.3. The minimum atomic E-state index is -0.462. The summed E-state index contributed by atoms with van der Waals surface area (Å²) >= 11 is 0. The second-order valence-electron chi connectivity index (χ2n) is 8.20. The quantitative estimate of drug-likeness (QED) is 0.827. The summed E-state index contributed by atoms with van der Waals surface area (Å²) < 4.78 is 7.25. The summed E-state index contributed by atoms with van der Waals surface area (Å²) in [6.45, 7) is 12.8. The molecule has 1 amide bonds. The zero-order chi connectivity index (χ0) is 19.6. The van der Waals surface area contributed by atoms with Crippen molar-refractivity contribution >= 4 is 11.8 Å². The molecule has 0 radical (unpaired) electrons. The molecule has 0 atom stereocenters. The van der Waals surface area contributed by atoms with Crippen molar-refractivity contribution in [2.45, 2.75) is 46.1 Å². The molecule has 1 aliphatic rings. The van der Waals surface area contributed by atoms with E-state index in [1.165, 1.54) is 5.56 Å². The highest BCUT2D eigenvalue weighted by atomic mass is 16.6. The molecule has 27 heavy (non-hydrogen) atoms. The largest absolute Gasteiger partial charge is 0.444 e. The maximum absolute atomic E-state index is 12.2. The van der Waals surface area contributed by atoms with Gasteiger partial charge in [-0.05, 0) is 44.4 Å². The van der Waals surface area contributed by atoms with Gasteiger partial charge in [-0.25, -0.2) is 14.5 Å². The third-order valence-corrected chi connectivity index (χ3v) is 4.53. The van der Waals surface area contributed by atoms with Crippen molar-refractivity contribution in [1.29, 1.82) is 0 Å². The lowest BCUT2D eigenvalue weighted by Gasteiger charge is -2.36. The van der Waals surface area contributed by atoms with Crippen LogP contribution in [-0.4, -0.2) is 57.5 Å². The molecular weight excluding hydrogens is 342 g/mol. The van der Waals surface area contributed by atoms with Crippen molar-refractivity contribution in [2.75, 3.05) is 31.1 Å². The lowest BCUT2D eigenvalue weighted by atomic mass is 10.1. The number of pyridine rings is 1. The summed E-state index contributed by atoms with van der Waals surface area (Å²) in [4.78, 5) is 20.7. The van der Waals surface area contributed by atoms with Crippen LogP contribution in [0.4, 0.5) is 10.5 Å². The average Bonchev–Trinajstić information content (AvgIpc) is 3.11. The lowest BCUT2D eigenvalue weighted by Crippen LogP contribution is -2.50. The van der Waals surface area contributed by atoms with E-state index in [0.717, 1.165) is 24.6 Å². The zero-order valence-corrected chi connectivity index (χ0v) is 16.8. The Balaban J connectivity index is 1.59. The molecular formula is C20H29N5O2. The first-order valence-corrected chi connectivity index (χ1v) is 9.47. The standard InChI is InChI=1S/C20H29N5O2/c1-15(2)16-12-22-25(14-16)18-7-6-17(13-21-18)23-8-10-24(11-9-23)19(26)27-20(3,4)5/h6-7,12-15H,8-11H2,1-5H3. The van der Waals surface area contributed by atoms with E-state index in [-0.39, 0.29) is 6.09 Å². The highest BCUT2D eigenvalue weighted by Gasteiger charge is 2.26. The number of carbonyl (C=O) groups excluding carboxylic acids is 1. The fraction of sp³-hybridized carbons (Fsp3) is 0.550. The highest BCUT2D eigenvalue weighted by Crippen LogP contribution is 2.19. The van der Waals surface area contributed by atoms with E-state index in [1.807, 2.05) is 45.4 Å². The monoisotopic (exact) mass is 371 g/mol. The van der Waals surface area contributed by atoms with Gasteiger partial charge >= 0.3 is 6.09 Å². The van der Waals surface area contributed by atoms with E-state index < -0.39 is 5.60 Å². The fourth-order valence-corrected chi connectivity index (χ4v) is 2.93. The number of rotatable bonds is 3. The van der Waals surface area contributed by atoms with E-state index in [1.54, 1.807) is 9.58 Å². The van der Waals surface area contributed by atoms with Gasteiger partial charge in [-0.2, -0.15) is 5.10 Å². The number of aromatic nitrogens is 3. The maximum Gasteiger partial charge on any atom is 0.410 e. The zero-order valence-electron chi connectivity index (χ0n) is 16.8. The van der Waals surface area contributed by atoms with Crippen LogP contribution in [0.2, 0.25) is 0 Å². The number of nitrogens with zero attached hydrogens (tertiary/aromatic N) is 5. The van der Waals surface area contributed by atoms with Crippen LogP contribution in [0.15, 0.2) is 30.7 Å². The molecule has 0 N–H and O–H groups in total. The topological polar surface area (TPSA) is 63.5 Å². The van der Waals surface area contributed by atoms with Crippen LogP contribution in [0.25, 0.3) is 5.82 Å². The van der Waals surface area contributed by atoms with Gasteiger partial charge in [0.25, 0.3) is 0 Å². The van der Waals surface area contributed by atoms with E-state index >= 15 is 0 Å². The lowest BCUT2D eigenvalue weighted by molar-refractivity contribution is 0.0240. The fourth-order valence-electron chi connectivity index (χ4n) is 2.93. The van der Waals surface area contributed by atoms with Crippen molar-refractivity contribution in [1.82, 2.24) is 19.7 Å². The Hall–Kier alpha value is -2.57. The van der Waals surface area contributed by atoms with Gasteiger partial charge in [0.05, 0.1) is 18.1 Å². The van der Waals surface area contributed by atoms with Gasteiger partial charge in [0.1, 0.15) is 5.60 Å². The minimum absolute atomic E-state index is 0.240. The van der Waals surface area contributed by atoms with Gasteiger partial charge in [0, 0.05) is 32.4 Å². The SMILES string of the molecule is CC(C)c1cnn(-c2ccc(N3CCN(C(=O)OC(C)(C)C)CC3)cn2)c1. The van der Waals surface area contributed by atoms with Crippen LogP contribution >= 0.6 is 0 Å². The van der Waals surface area contributed by atoms with E-state index in [4.69, 9.17) is 4.74 Å². The molecule has 7 heteroatoms. The smallest absolute Gasteiger partial charge is 0.410 e. The van der Waals surface area contributed by atoms with Gasteiger partial charge in [0.2, 0.25) is 0 Å². The van der Waals surface area contributed by atoms with E-state index in [0.29, 0.717) is 19.0 Å². The Morgan fingerprint density at radius 2 is 1.81 bits per heavy atom. The summed E-state index contributed by atoms with van der Waals surface area (Å²) in [5.74, 6) is 1.25. The number of hydrogen-bond donors (Lipinski definition) is 0. The summed E-state index contributed by atoms with van der Waals surface area (Å²) in [7, 11) is 0. The van der Waals surface area contributed by atoms with Gasteiger partial charge in [-0.15, -0.1) is 0 Å². The highest BCUT2D eigenvalue weighted by molar-refractivity contribution is 5.68. The Labute approximate surface area is 160 Å². The van der Waals surface area contributed by atoms with Crippen molar-refractivity contribution < 1.29 is 9.53 Å². The number of hydrogen-bond acceptors (Lipinski definition) is 5. The van der Waals surface area contributed by atoms with Crippen LogP contribution in [0, 0.1) is 0 Å². The molecule has 146 valence electrons. The molecule has 2 aromatic rings. The van der Waals surface area contributed by atoms with Crippen LogP contribution < -0.4 is 4.90 Å². The Bertz CT molecular complexity index is 768. The van der Waals surface area contributed by atoms with Crippen molar-refractivity contribution in [3.63, 3.8) is 0 Å². The van der Waals surface area contributed by atoms with Crippen LogP contribution in [0.3, 0.4) is 0 Å². The average molecular weight is 371 g/mol. The number of carbonyl (C=O) groups is 1. The van der Waals surface area contributed by atoms with Crippen LogP contribution in [0.1, 0.15) is 46.1 Å². The predicted octanol–water partition coefficient (Wildman–Crippen LogP) is 3.45. The molecule has 3 heterocycles. The molecule has 0 unspecified atom stereocenters. The first-order valence-electron chi connectivity index (χ1n) is 9.47. The van der Waals surface area contributed by atoms with Gasteiger partial charge < -0.3 is 14.5 Å². The van der Waals surface area contributed by atoms with Crippen LogP contribution in [0.5, 0.6) is 0 Å². The second-order valence-corrected chi connectivity index (χ2v) is 8.20. The second kappa shape index (κ2) is 7.58. The van der Waals surface area contributed by atoms with Gasteiger partial charge in [-0.1, -0.05) is 13.8 Å². The molecule has 7 nitrogen and oxygen atoms in total. The molecule has 1 aliphatic heterocycles. The molecule has 0 aromatic carbocycles. The molecule has 0 aliphatic carbocycles. The predicted molar refractivity (Wildman–Crippen MR) is 105 cm³/mol. The Morgan fingerprint density at radius 3 is 2.33 bits per heavy atom. The summed E-state index contributed by atoms with van der Waals surface area (Å²) in [5.41, 5.74) is 1.79. The summed E-state index contributed by atoms with van der Waals surface area (Å²) in [5, 5.41) is 4.39. The Morgan fingerprint density at radius 1 is 1.11 bits per heavy atom. The molecule has 3 rings (SSSR count). The first-order chi connectivity index (χ1) is 12.7. The third-order valence-electron chi connectivity index (χ3n) is 4.53. The molecule has 1 saturated heterocycles. The number of ether oxygens (including phenoxy) is 1. The van der Waals surface area contributed by atoms with Gasteiger partial charge in [0.15, 0.2) is 5.82 Å². The molecule has 1 fully saturated rings. The van der Waals surface area contributed by atoms with E-state index in [9.17, 15) is 4.79 Å². The number of piperazine rings is 1. The Kier molecular flexibility index (Phi) is 5.39. The van der Waals surface area contributed by atoms with Crippen molar-refractivity contribution in [3.05, 3.63) is 36.3 Å².